The molecule has 26 heavy (non-hydrogen) atoms. The molecule has 1 nitrogen and oxygen atoms in total. The topological polar surface area (TPSA) is 14.1 Å². The Morgan fingerprint density at radius 2 is 1.12 bits per heavy atom. The van der Waals surface area contributed by atoms with E-state index in [4.69, 9.17) is 0 Å². The zero-order valence-electron chi connectivity index (χ0n) is 12.6. The number of halogens is 9. The predicted molar refractivity (Wildman–Crippen MR) is 74.6 cm³/mol. The maximum atomic E-state index is 12.7. The van der Waals surface area contributed by atoms with E-state index in [1.807, 2.05) is 0 Å². The van der Waals surface area contributed by atoms with E-state index in [2.05, 4.69) is 5.32 Å². The maximum Gasteiger partial charge on any atom is 0.416 e. The third-order valence-corrected chi connectivity index (χ3v) is 3.27. The average molecular weight is 386 g/mol. The van der Waals surface area contributed by atoms with E-state index < -0.39 is 47.5 Å². The molecule has 142 valence electrons. The van der Waals surface area contributed by atoms with Crippen LogP contribution in [0.25, 0.3) is 5.32 Å². The van der Waals surface area contributed by atoms with Crippen molar-refractivity contribution in [1.29, 1.82) is 0 Å². The fraction of sp³-hybridized carbons (Fsp3) is 0.250. The lowest BCUT2D eigenvalue weighted by Gasteiger charge is -2.25. The van der Waals surface area contributed by atoms with Gasteiger partial charge in [-0.15, -0.1) is 12.2 Å². The number of alkyl halides is 9. The summed E-state index contributed by atoms with van der Waals surface area (Å²) in [6.07, 6.45) is -14.7. The minimum atomic E-state index is -5.03. The van der Waals surface area contributed by atoms with Crippen molar-refractivity contribution < 1.29 is 39.5 Å². The second-order valence-corrected chi connectivity index (χ2v) is 5.28. The quantitative estimate of drug-likeness (QED) is 0.507. The van der Waals surface area contributed by atoms with Gasteiger partial charge in [-0.3, -0.25) is 0 Å². The second-order valence-electron chi connectivity index (χ2n) is 5.28. The zero-order valence-corrected chi connectivity index (χ0v) is 12.6. The lowest BCUT2D eigenvalue weighted by atomic mass is 10.1. The van der Waals surface area contributed by atoms with Gasteiger partial charge in [-0.1, -0.05) is 35.9 Å². The van der Waals surface area contributed by atoms with Crippen LogP contribution in [-0.4, -0.2) is 0 Å². The minimum absolute atomic E-state index is 0.00852. The van der Waals surface area contributed by atoms with Crippen LogP contribution >= 0.6 is 0 Å². The number of hydrogen-bond donors (Lipinski definition) is 0. The van der Waals surface area contributed by atoms with Gasteiger partial charge in [0, 0.05) is 0 Å². The molecule has 0 bridgehead atoms. The first kappa shape index (κ1) is 19.9. The standard InChI is InChI=1S/C16H9F9N/c17-14(18,19)10-3-1-2-9(4-10)8-26-13-6-11(15(20,21)22)5-12(7-13)16(23,24)25/h1-7H,8H2/q-1. The van der Waals surface area contributed by atoms with Gasteiger partial charge >= 0.3 is 18.5 Å². The van der Waals surface area contributed by atoms with Crippen LogP contribution in [0.15, 0.2) is 42.5 Å². The molecule has 0 spiro atoms. The summed E-state index contributed by atoms with van der Waals surface area (Å²) in [7, 11) is 0. The molecule has 0 heterocycles. The second kappa shape index (κ2) is 6.73. The highest BCUT2D eigenvalue weighted by molar-refractivity contribution is 5.54. The van der Waals surface area contributed by atoms with Gasteiger partial charge in [-0.2, -0.15) is 39.5 Å². The molecular weight excluding hydrogens is 377 g/mol. The molecule has 10 heteroatoms. The van der Waals surface area contributed by atoms with E-state index >= 15 is 0 Å². The van der Waals surface area contributed by atoms with E-state index in [9.17, 15) is 39.5 Å². The third kappa shape index (κ3) is 5.06. The van der Waals surface area contributed by atoms with E-state index in [-0.39, 0.29) is 11.6 Å². The van der Waals surface area contributed by atoms with E-state index in [1.165, 1.54) is 6.07 Å². The third-order valence-electron chi connectivity index (χ3n) is 3.27. The summed E-state index contributed by atoms with van der Waals surface area (Å²) in [6.45, 7) is -0.511. The van der Waals surface area contributed by atoms with Crippen molar-refractivity contribution >= 4 is 5.69 Å². The van der Waals surface area contributed by atoms with Gasteiger partial charge in [-0.05, 0) is 12.1 Å². The van der Waals surface area contributed by atoms with Crippen LogP contribution in [0.3, 0.4) is 0 Å². The summed E-state index contributed by atoms with van der Waals surface area (Å²) < 4.78 is 114. The summed E-state index contributed by atoms with van der Waals surface area (Å²) in [4.78, 5) is 0. The first-order valence-electron chi connectivity index (χ1n) is 6.90. The molecule has 2 aromatic carbocycles. The van der Waals surface area contributed by atoms with Crippen molar-refractivity contribution in [3.63, 3.8) is 0 Å². The van der Waals surface area contributed by atoms with Crippen molar-refractivity contribution in [3.05, 3.63) is 70.0 Å². The van der Waals surface area contributed by atoms with Gasteiger partial charge in [0.2, 0.25) is 0 Å². The Labute approximate surface area is 141 Å². The summed E-state index contributed by atoms with van der Waals surface area (Å²) in [5, 5.41) is 3.58. The first-order valence-corrected chi connectivity index (χ1v) is 6.90. The molecule has 0 aliphatic heterocycles. The number of nitrogens with zero attached hydrogens (tertiary/aromatic N) is 1. The van der Waals surface area contributed by atoms with Gasteiger partial charge < -0.3 is 5.32 Å². The van der Waals surface area contributed by atoms with Crippen molar-refractivity contribution in [2.24, 2.45) is 0 Å². The van der Waals surface area contributed by atoms with Crippen LogP contribution in [0.5, 0.6) is 0 Å². The molecule has 0 aromatic heterocycles. The van der Waals surface area contributed by atoms with Crippen molar-refractivity contribution in [1.82, 2.24) is 0 Å². The Morgan fingerprint density at radius 1 is 0.615 bits per heavy atom. The van der Waals surface area contributed by atoms with Crippen LogP contribution in [0.2, 0.25) is 0 Å². The predicted octanol–water partition coefficient (Wildman–Crippen LogP) is 6.95. The zero-order chi connectivity index (χ0) is 19.8. The Hall–Kier alpha value is -2.39. The lowest BCUT2D eigenvalue weighted by molar-refractivity contribution is -0.143. The molecule has 0 aliphatic carbocycles. The Morgan fingerprint density at radius 3 is 1.58 bits per heavy atom. The summed E-state index contributed by atoms with van der Waals surface area (Å²) >= 11 is 0. The largest absolute Gasteiger partial charge is 0.681 e. The summed E-state index contributed by atoms with van der Waals surface area (Å²) in [6, 6.07) is 4.57. The molecule has 0 aliphatic rings. The highest BCUT2D eigenvalue weighted by Gasteiger charge is 2.36. The molecule has 0 fully saturated rings. The molecule has 0 radical (unpaired) electrons. The molecule has 2 aromatic rings. The molecule has 0 N–H and O–H groups in total. The van der Waals surface area contributed by atoms with Crippen LogP contribution in [-0.2, 0) is 25.1 Å². The Balaban J connectivity index is 2.29. The first-order chi connectivity index (χ1) is 11.8. The molecule has 0 unspecified atom stereocenters. The van der Waals surface area contributed by atoms with Gasteiger partial charge in [0.25, 0.3) is 0 Å². The van der Waals surface area contributed by atoms with Gasteiger partial charge in [0.15, 0.2) is 0 Å². The number of hydrogen-bond acceptors (Lipinski definition) is 0. The smallest absolute Gasteiger partial charge is 0.416 e. The van der Waals surface area contributed by atoms with Crippen molar-refractivity contribution in [2.75, 3.05) is 0 Å². The molecule has 0 amide bonds. The van der Waals surface area contributed by atoms with Crippen molar-refractivity contribution in [3.8, 4) is 0 Å². The molecule has 0 saturated heterocycles. The SMILES string of the molecule is FC(F)(F)c1cccc(C[N-]c2cc(C(F)(F)F)cc(C(F)(F)F)c2)c1. The average Bonchev–Trinajstić information content (AvgIpc) is 2.50. The van der Waals surface area contributed by atoms with Crippen LogP contribution < -0.4 is 0 Å². The van der Waals surface area contributed by atoms with Crippen LogP contribution in [0.1, 0.15) is 22.3 Å². The molecule has 0 atom stereocenters. The molecule has 0 saturated carbocycles. The van der Waals surface area contributed by atoms with E-state index in [0.717, 1.165) is 18.2 Å². The monoisotopic (exact) mass is 386 g/mol. The number of rotatable bonds is 3. The Bertz CT molecular complexity index is 740. The fourth-order valence-corrected chi connectivity index (χ4v) is 2.06. The lowest BCUT2D eigenvalue weighted by Crippen LogP contribution is -2.10. The van der Waals surface area contributed by atoms with Gasteiger partial charge in [0.1, 0.15) is 0 Å². The summed E-state index contributed by atoms with van der Waals surface area (Å²) in [5.41, 5.74) is -4.73. The minimum Gasteiger partial charge on any atom is -0.681 e. The van der Waals surface area contributed by atoms with Crippen LogP contribution in [0.4, 0.5) is 45.2 Å². The fourth-order valence-electron chi connectivity index (χ4n) is 2.06. The number of benzene rings is 2. The van der Waals surface area contributed by atoms with Gasteiger partial charge in [-0.25, -0.2) is 0 Å². The normalized spacial score (nSPS) is 13.0. The summed E-state index contributed by atoms with van der Waals surface area (Å²) in [5.74, 6) is 0. The van der Waals surface area contributed by atoms with Crippen LogP contribution in [0, 0.1) is 0 Å². The molecular formula is C16H9F9N-. The molecule has 2 rings (SSSR count). The van der Waals surface area contributed by atoms with Crippen molar-refractivity contribution in [2.45, 2.75) is 25.1 Å². The van der Waals surface area contributed by atoms with E-state index in [1.54, 1.807) is 0 Å². The maximum absolute atomic E-state index is 12.7. The van der Waals surface area contributed by atoms with E-state index in [0.29, 0.717) is 12.1 Å². The van der Waals surface area contributed by atoms with Gasteiger partial charge in [0.05, 0.1) is 16.7 Å². The highest BCUT2D eigenvalue weighted by Crippen LogP contribution is 2.39. The Kier molecular flexibility index (Phi) is 5.16. The highest BCUT2D eigenvalue weighted by atomic mass is 19.4.